The standard InChI is InChI=1S/C18H23NO5S/c1-12-6-7-13(18(2,3)4)10-16(12)25(21,22)19-17(20)15-9-8-14(24-15)11-23-5/h6-10H,11H2,1-5H3,(H,19,20). The minimum atomic E-state index is -4.01. The third-order valence-corrected chi connectivity index (χ3v) is 5.22. The maximum absolute atomic E-state index is 12.7. The third-order valence-electron chi connectivity index (χ3n) is 3.74. The van der Waals surface area contributed by atoms with Crippen LogP contribution < -0.4 is 4.72 Å². The first-order valence-corrected chi connectivity index (χ1v) is 9.29. The number of aryl methyl sites for hydroxylation is 1. The zero-order valence-electron chi connectivity index (χ0n) is 15.0. The Kier molecular flexibility index (Phi) is 5.39. The first-order valence-electron chi connectivity index (χ1n) is 7.80. The van der Waals surface area contributed by atoms with Crippen molar-refractivity contribution in [3.05, 3.63) is 53.0 Å². The third kappa shape index (κ3) is 4.49. The smallest absolute Gasteiger partial charge is 0.300 e. The van der Waals surface area contributed by atoms with Crippen molar-refractivity contribution in [3.63, 3.8) is 0 Å². The molecule has 0 unspecified atom stereocenters. The average molecular weight is 365 g/mol. The van der Waals surface area contributed by atoms with Crippen molar-refractivity contribution in [3.8, 4) is 0 Å². The highest BCUT2D eigenvalue weighted by Gasteiger charge is 2.25. The van der Waals surface area contributed by atoms with Gasteiger partial charge >= 0.3 is 5.91 Å². The van der Waals surface area contributed by atoms with E-state index < -0.39 is 15.9 Å². The summed E-state index contributed by atoms with van der Waals surface area (Å²) < 4.78 is 37.5. The molecule has 1 aromatic carbocycles. The van der Waals surface area contributed by atoms with E-state index in [0.29, 0.717) is 11.3 Å². The summed E-state index contributed by atoms with van der Waals surface area (Å²) in [5.41, 5.74) is 1.22. The lowest BCUT2D eigenvalue weighted by Gasteiger charge is -2.20. The van der Waals surface area contributed by atoms with Gasteiger partial charge in [-0.2, -0.15) is 0 Å². The Labute approximate surface area is 148 Å². The summed E-state index contributed by atoms with van der Waals surface area (Å²) in [5, 5.41) is 0. The molecule has 1 aromatic heterocycles. The van der Waals surface area contributed by atoms with Gasteiger partial charge in [0.05, 0.1) is 4.90 Å². The molecule has 0 atom stereocenters. The number of amides is 1. The molecule has 0 aliphatic carbocycles. The van der Waals surface area contributed by atoms with Crippen molar-refractivity contribution in [2.75, 3.05) is 7.11 Å². The number of carbonyl (C=O) groups is 1. The first kappa shape index (κ1) is 19.2. The molecule has 0 bridgehead atoms. The molecule has 0 fully saturated rings. The SMILES string of the molecule is COCc1ccc(C(=O)NS(=O)(=O)c2cc(C(C)(C)C)ccc2C)o1. The summed E-state index contributed by atoms with van der Waals surface area (Å²) in [6.07, 6.45) is 0. The van der Waals surface area contributed by atoms with E-state index in [-0.39, 0.29) is 22.7 Å². The Bertz CT molecular complexity index is 875. The van der Waals surface area contributed by atoms with E-state index in [2.05, 4.69) is 4.72 Å². The minimum absolute atomic E-state index is 0.0805. The van der Waals surface area contributed by atoms with Gasteiger partial charge in [-0.15, -0.1) is 0 Å². The monoisotopic (exact) mass is 365 g/mol. The van der Waals surface area contributed by atoms with E-state index in [1.54, 1.807) is 25.1 Å². The predicted molar refractivity (Wildman–Crippen MR) is 94.0 cm³/mol. The fourth-order valence-electron chi connectivity index (χ4n) is 2.30. The van der Waals surface area contributed by atoms with Crippen LogP contribution in [0.25, 0.3) is 0 Å². The molecule has 0 saturated carbocycles. The fraction of sp³-hybridized carbons (Fsp3) is 0.389. The van der Waals surface area contributed by atoms with Gasteiger partial charge in [-0.3, -0.25) is 4.79 Å². The number of benzene rings is 1. The number of hydrogen-bond acceptors (Lipinski definition) is 5. The first-order chi connectivity index (χ1) is 11.5. The molecular weight excluding hydrogens is 342 g/mol. The molecule has 0 aliphatic rings. The fourth-order valence-corrected chi connectivity index (χ4v) is 3.53. The maximum Gasteiger partial charge on any atom is 0.300 e. The number of rotatable bonds is 5. The maximum atomic E-state index is 12.7. The quantitative estimate of drug-likeness (QED) is 0.880. The van der Waals surface area contributed by atoms with Gasteiger partial charge < -0.3 is 9.15 Å². The number of methoxy groups -OCH3 is 1. The number of ether oxygens (including phenoxy) is 1. The van der Waals surface area contributed by atoms with Crippen LogP contribution in [0.3, 0.4) is 0 Å². The molecule has 6 nitrogen and oxygen atoms in total. The molecule has 1 heterocycles. The van der Waals surface area contributed by atoms with Gasteiger partial charge in [-0.25, -0.2) is 13.1 Å². The van der Waals surface area contributed by atoms with Gasteiger partial charge in [-0.1, -0.05) is 32.9 Å². The lowest BCUT2D eigenvalue weighted by atomic mass is 9.87. The molecule has 25 heavy (non-hydrogen) atoms. The van der Waals surface area contributed by atoms with Crippen LogP contribution in [0.1, 0.15) is 48.2 Å². The van der Waals surface area contributed by atoms with Gasteiger partial charge in [0.1, 0.15) is 12.4 Å². The average Bonchev–Trinajstić information content (AvgIpc) is 2.95. The molecule has 2 aromatic rings. The second-order valence-corrected chi connectivity index (χ2v) is 8.51. The summed E-state index contributed by atoms with van der Waals surface area (Å²) in [4.78, 5) is 12.3. The summed E-state index contributed by atoms with van der Waals surface area (Å²) in [6, 6.07) is 8.21. The molecule has 0 spiro atoms. The van der Waals surface area contributed by atoms with Crippen LogP contribution >= 0.6 is 0 Å². The van der Waals surface area contributed by atoms with Crippen molar-refractivity contribution in [1.82, 2.24) is 4.72 Å². The van der Waals surface area contributed by atoms with Gasteiger partial charge in [0.2, 0.25) is 0 Å². The van der Waals surface area contributed by atoms with Crippen LogP contribution in [-0.2, 0) is 26.8 Å². The van der Waals surface area contributed by atoms with Crippen molar-refractivity contribution < 1.29 is 22.4 Å². The predicted octanol–water partition coefficient (Wildman–Crippen LogP) is 3.15. The highest BCUT2D eigenvalue weighted by atomic mass is 32.2. The minimum Gasteiger partial charge on any atom is -0.453 e. The number of carbonyl (C=O) groups excluding carboxylic acids is 1. The lowest BCUT2D eigenvalue weighted by Crippen LogP contribution is -2.31. The molecule has 0 saturated heterocycles. The molecule has 7 heteroatoms. The van der Waals surface area contributed by atoms with Gasteiger partial charge in [0, 0.05) is 7.11 Å². The van der Waals surface area contributed by atoms with E-state index in [1.165, 1.54) is 13.2 Å². The van der Waals surface area contributed by atoms with Gasteiger partial charge in [-0.05, 0) is 41.7 Å². The van der Waals surface area contributed by atoms with E-state index in [4.69, 9.17) is 9.15 Å². The number of nitrogens with one attached hydrogen (secondary N) is 1. The Hall–Kier alpha value is -2.12. The van der Waals surface area contributed by atoms with Crippen LogP contribution in [0.2, 0.25) is 0 Å². The van der Waals surface area contributed by atoms with Crippen LogP contribution in [0, 0.1) is 6.92 Å². The Morgan fingerprint density at radius 3 is 2.48 bits per heavy atom. The number of sulfonamides is 1. The molecule has 1 N–H and O–H groups in total. The van der Waals surface area contributed by atoms with Crippen LogP contribution in [0.4, 0.5) is 0 Å². The summed E-state index contributed by atoms with van der Waals surface area (Å²) >= 11 is 0. The van der Waals surface area contributed by atoms with Crippen LogP contribution in [-0.4, -0.2) is 21.4 Å². The molecule has 2 rings (SSSR count). The largest absolute Gasteiger partial charge is 0.453 e. The van der Waals surface area contributed by atoms with Gasteiger partial charge in [0.25, 0.3) is 10.0 Å². The van der Waals surface area contributed by atoms with Crippen molar-refractivity contribution in [1.29, 1.82) is 0 Å². The van der Waals surface area contributed by atoms with E-state index in [9.17, 15) is 13.2 Å². The van der Waals surface area contributed by atoms with Crippen molar-refractivity contribution in [2.24, 2.45) is 0 Å². The summed E-state index contributed by atoms with van der Waals surface area (Å²) in [5.74, 6) is -0.459. The van der Waals surface area contributed by atoms with E-state index >= 15 is 0 Å². The Morgan fingerprint density at radius 1 is 1.20 bits per heavy atom. The van der Waals surface area contributed by atoms with Crippen LogP contribution in [0.15, 0.2) is 39.6 Å². The topological polar surface area (TPSA) is 85.6 Å². The molecule has 0 radical (unpaired) electrons. The zero-order valence-corrected chi connectivity index (χ0v) is 15.9. The highest BCUT2D eigenvalue weighted by Crippen LogP contribution is 2.26. The molecular formula is C18H23NO5S. The lowest BCUT2D eigenvalue weighted by molar-refractivity contribution is 0.0945. The number of hydrogen-bond donors (Lipinski definition) is 1. The molecule has 136 valence electrons. The normalized spacial score (nSPS) is 12.2. The summed E-state index contributed by atoms with van der Waals surface area (Å²) in [7, 11) is -2.52. The van der Waals surface area contributed by atoms with Gasteiger partial charge in [0.15, 0.2) is 5.76 Å². The molecule has 0 aliphatic heterocycles. The Morgan fingerprint density at radius 2 is 1.88 bits per heavy atom. The van der Waals surface area contributed by atoms with Crippen molar-refractivity contribution >= 4 is 15.9 Å². The summed E-state index contributed by atoms with van der Waals surface area (Å²) in [6.45, 7) is 7.87. The van der Waals surface area contributed by atoms with E-state index in [1.807, 2.05) is 26.8 Å². The second-order valence-electron chi connectivity index (χ2n) is 6.86. The molecule has 1 amide bonds. The zero-order chi connectivity index (χ0) is 18.8. The number of furan rings is 1. The van der Waals surface area contributed by atoms with Crippen LogP contribution in [0.5, 0.6) is 0 Å². The Balaban J connectivity index is 2.30. The van der Waals surface area contributed by atoms with Crippen molar-refractivity contribution in [2.45, 2.75) is 44.6 Å². The second kappa shape index (κ2) is 7.01. The van der Waals surface area contributed by atoms with E-state index in [0.717, 1.165) is 5.56 Å². The highest BCUT2D eigenvalue weighted by molar-refractivity contribution is 7.90.